The summed E-state index contributed by atoms with van der Waals surface area (Å²) in [7, 11) is 0. The molecule has 21 heavy (non-hydrogen) atoms. The van der Waals surface area contributed by atoms with Crippen molar-refractivity contribution >= 4 is 11.6 Å². The summed E-state index contributed by atoms with van der Waals surface area (Å²) in [6, 6.07) is 8.14. The van der Waals surface area contributed by atoms with Crippen molar-refractivity contribution in [1.29, 1.82) is 0 Å². The van der Waals surface area contributed by atoms with Crippen LogP contribution in [0.1, 0.15) is 24.5 Å². The van der Waals surface area contributed by atoms with Gasteiger partial charge in [0.25, 0.3) is 0 Å². The minimum Gasteiger partial charge on any atom is -0.491 e. The molecule has 0 saturated carbocycles. The van der Waals surface area contributed by atoms with Crippen molar-refractivity contribution in [2.24, 2.45) is 0 Å². The van der Waals surface area contributed by atoms with Gasteiger partial charge >= 0.3 is 0 Å². The van der Waals surface area contributed by atoms with E-state index in [0.29, 0.717) is 12.4 Å². The molecule has 0 spiro atoms. The number of nitrogen functional groups attached to an aromatic ring is 1. The Balaban J connectivity index is 1.96. The smallest absolute Gasteiger partial charge is 0.137 e. The van der Waals surface area contributed by atoms with E-state index in [2.05, 4.69) is 27.9 Å². The van der Waals surface area contributed by atoms with E-state index in [4.69, 9.17) is 10.5 Å². The molecular formula is C16H20N4O. The second-order valence-electron chi connectivity index (χ2n) is 5.19. The zero-order valence-corrected chi connectivity index (χ0v) is 12.2. The van der Waals surface area contributed by atoms with Crippen molar-refractivity contribution in [3.63, 3.8) is 0 Å². The van der Waals surface area contributed by atoms with Crippen LogP contribution in [0.25, 0.3) is 0 Å². The molecule has 0 aliphatic carbocycles. The van der Waals surface area contributed by atoms with E-state index in [1.54, 1.807) is 6.33 Å². The van der Waals surface area contributed by atoms with Crippen LogP contribution in [0.4, 0.5) is 11.6 Å². The SMILES string of the molecule is CCCc1c(N)ncnc1N1CCOc2ccccc2C1. The molecule has 0 bridgehead atoms. The fourth-order valence-corrected chi connectivity index (χ4v) is 2.69. The minimum atomic E-state index is 0.584. The summed E-state index contributed by atoms with van der Waals surface area (Å²) in [5, 5.41) is 0. The Morgan fingerprint density at radius 2 is 2.14 bits per heavy atom. The predicted octanol–water partition coefficient (Wildman–Crippen LogP) is 2.41. The van der Waals surface area contributed by atoms with Gasteiger partial charge in [0.1, 0.15) is 30.3 Å². The number of rotatable bonds is 3. The summed E-state index contributed by atoms with van der Waals surface area (Å²) in [6.45, 7) is 4.36. The summed E-state index contributed by atoms with van der Waals surface area (Å²) in [5.41, 5.74) is 8.26. The molecule has 1 aliphatic rings. The Kier molecular flexibility index (Phi) is 3.90. The van der Waals surface area contributed by atoms with Crippen LogP contribution in [-0.2, 0) is 13.0 Å². The molecule has 1 aliphatic heterocycles. The molecular weight excluding hydrogens is 264 g/mol. The van der Waals surface area contributed by atoms with Crippen LogP contribution in [0.15, 0.2) is 30.6 Å². The first kappa shape index (κ1) is 13.7. The van der Waals surface area contributed by atoms with Crippen LogP contribution in [0, 0.1) is 0 Å². The standard InChI is InChI=1S/C16H20N4O/c1-2-5-13-15(17)18-11-19-16(13)20-8-9-21-14-7-4-3-6-12(14)10-20/h3-4,6-7,11H,2,5,8-10H2,1H3,(H2,17,18,19). The maximum atomic E-state index is 6.04. The number of ether oxygens (including phenoxy) is 1. The number of hydrogen-bond donors (Lipinski definition) is 1. The van der Waals surface area contributed by atoms with Gasteiger partial charge in [-0.2, -0.15) is 0 Å². The van der Waals surface area contributed by atoms with Crippen LogP contribution in [0.2, 0.25) is 0 Å². The van der Waals surface area contributed by atoms with E-state index in [1.165, 1.54) is 5.56 Å². The van der Waals surface area contributed by atoms with Gasteiger partial charge in [-0.25, -0.2) is 9.97 Å². The lowest BCUT2D eigenvalue weighted by atomic mass is 10.1. The molecule has 1 aromatic carbocycles. The Morgan fingerprint density at radius 1 is 1.29 bits per heavy atom. The lowest BCUT2D eigenvalue weighted by Crippen LogP contribution is -2.27. The lowest BCUT2D eigenvalue weighted by molar-refractivity contribution is 0.331. The van der Waals surface area contributed by atoms with Gasteiger partial charge in [-0.3, -0.25) is 0 Å². The normalized spacial score (nSPS) is 14.2. The fourth-order valence-electron chi connectivity index (χ4n) is 2.69. The molecule has 5 heteroatoms. The average molecular weight is 284 g/mol. The van der Waals surface area contributed by atoms with Gasteiger partial charge in [-0.1, -0.05) is 31.5 Å². The van der Waals surface area contributed by atoms with Crippen molar-refractivity contribution in [2.75, 3.05) is 23.8 Å². The Bertz CT molecular complexity index is 629. The summed E-state index contributed by atoms with van der Waals surface area (Å²) in [6.07, 6.45) is 3.45. The number of nitrogens with zero attached hydrogens (tertiary/aromatic N) is 3. The second kappa shape index (κ2) is 5.99. The van der Waals surface area contributed by atoms with Crippen molar-refractivity contribution in [3.05, 3.63) is 41.7 Å². The molecule has 1 aromatic heterocycles. The van der Waals surface area contributed by atoms with E-state index >= 15 is 0 Å². The second-order valence-corrected chi connectivity index (χ2v) is 5.19. The molecule has 0 unspecified atom stereocenters. The Labute approximate surface area is 124 Å². The molecule has 2 heterocycles. The predicted molar refractivity (Wildman–Crippen MR) is 83.4 cm³/mol. The lowest BCUT2D eigenvalue weighted by Gasteiger charge is -2.24. The van der Waals surface area contributed by atoms with Crippen LogP contribution < -0.4 is 15.4 Å². The van der Waals surface area contributed by atoms with Crippen molar-refractivity contribution < 1.29 is 4.74 Å². The molecule has 5 nitrogen and oxygen atoms in total. The van der Waals surface area contributed by atoms with Crippen LogP contribution in [0.3, 0.4) is 0 Å². The quantitative estimate of drug-likeness (QED) is 0.937. The van der Waals surface area contributed by atoms with Gasteiger partial charge in [-0.05, 0) is 12.5 Å². The first-order chi connectivity index (χ1) is 10.3. The molecule has 0 radical (unpaired) electrons. The molecule has 0 atom stereocenters. The highest BCUT2D eigenvalue weighted by Gasteiger charge is 2.20. The van der Waals surface area contributed by atoms with Gasteiger partial charge < -0.3 is 15.4 Å². The van der Waals surface area contributed by atoms with Crippen LogP contribution in [-0.4, -0.2) is 23.1 Å². The van der Waals surface area contributed by atoms with Gasteiger partial charge in [0.05, 0.1) is 6.54 Å². The third kappa shape index (κ3) is 2.77. The van der Waals surface area contributed by atoms with Crippen molar-refractivity contribution in [2.45, 2.75) is 26.3 Å². The molecule has 0 saturated heterocycles. The number of benzene rings is 1. The van der Waals surface area contributed by atoms with Gasteiger partial charge in [0, 0.05) is 17.7 Å². The molecule has 0 amide bonds. The van der Waals surface area contributed by atoms with Gasteiger partial charge in [0.2, 0.25) is 0 Å². The van der Waals surface area contributed by atoms with Gasteiger partial charge in [-0.15, -0.1) is 0 Å². The summed E-state index contributed by atoms with van der Waals surface area (Å²) in [4.78, 5) is 10.8. The highest BCUT2D eigenvalue weighted by molar-refractivity contribution is 5.57. The Morgan fingerprint density at radius 3 is 3.00 bits per heavy atom. The molecule has 3 rings (SSSR count). The van der Waals surface area contributed by atoms with Crippen molar-refractivity contribution in [3.8, 4) is 5.75 Å². The van der Waals surface area contributed by atoms with Gasteiger partial charge in [0.15, 0.2) is 0 Å². The molecule has 2 N–H and O–H groups in total. The molecule has 2 aromatic rings. The molecule has 0 fully saturated rings. The van der Waals surface area contributed by atoms with Crippen LogP contribution in [0.5, 0.6) is 5.75 Å². The van der Waals surface area contributed by atoms with Crippen LogP contribution >= 0.6 is 0 Å². The number of aromatic nitrogens is 2. The zero-order chi connectivity index (χ0) is 14.7. The van der Waals surface area contributed by atoms with Crippen molar-refractivity contribution in [1.82, 2.24) is 9.97 Å². The number of fused-ring (bicyclic) bond motifs is 1. The van der Waals surface area contributed by atoms with E-state index in [-0.39, 0.29) is 0 Å². The number of para-hydroxylation sites is 1. The maximum absolute atomic E-state index is 6.04. The topological polar surface area (TPSA) is 64.3 Å². The average Bonchev–Trinajstić information content (AvgIpc) is 2.71. The largest absolute Gasteiger partial charge is 0.491 e. The van der Waals surface area contributed by atoms with E-state index in [0.717, 1.165) is 43.1 Å². The highest BCUT2D eigenvalue weighted by Crippen LogP contribution is 2.28. The first-order valence-corrected chi connectivity index (χ1v) is 7.34. The summed E-state index contributed by atoms with van der Waals surface area (Å²) in [5.74, 6) is 2.48. The first-order valence-electron chi connectivity index (χ1n) is 7.34. The fraction of sp³-hybridized carbons (Fsp3) is 0.375. The van der Waals surface area contributed by atoms with E-state index in [1.807, 2.05) is 18.2 Å². The number of anilines is 2. The van der Waals surface area contributed by atoms with E-state index in [9.17, 15) is 0 Å². The van der Waals surface area contributed by atoms with E-state index < -0.39 is 0 Å². The summed E-state index contributed by atoms with van der Waals surface area (Å²) < 4.78 is 5.81. The summed E-state index contributed by atoms with van der Waals surface area (Å²) >= 11 is 0. The number of nitrogens with two attached hydrogens (primary N) is 1. The number of hydrogen-bond acceptors (Lipinski definition) is 5. The minimum absolute atomic E-state index is 0.584. The zero-order valence-electron chi connectivity index (χ0n) is 12.2. The third-order valence-electron chi connectivity index (χ3n) is 3.71. The third-order valence-corrected chi connectivity index (χ3v) is 3.71. The molecule has 110 valence electrons. The highest BCUT2D eigenvalue weighted by atomic mass is 16.5. The monoisotopic (exact) mass is 284 g/mol. The Hall–Kier alpha value is -2.30. The maximum Gasteiger partial charge on any atom is 0.137 e.